The number of ether oxygens (including phenoxy) is 1. The summed E-state index contributed by atoms with van der Waals surface area (Å²) in [5.41, 5.74) is 0. The highest BCUT2D eigenvalue weighted by molar-refractivity contribution is 5.68. The summed E-state index contributed by atoms with van der Waals surface area (Å²) < 4.78 is 29.6. The Balaban J connectivity index is 1.78. The normalized spacial score (nSPS) is 21.2. The van der Waals surface area contributed by atoms with E-state index in [1.807, 2.05) is 0 Å². The standard InChI is InChI=1S/C13H22F2O2/c1-17-12(16)9-7-5-3-2-4-6-8-11-10-13(11,14)15/h11H,2-10H2,1H3. The van der Waals surface area contributed by atoms with E-state index in [0.29, 0.717) is 12.8 Å². The van der Waals surface area contributed by atoms with Crippen LogP contribution in [0.15, 0.2) is 0 Å². The molecule has 0 radical (unpaired) electrons. The molecule has 1 aliphatic carbocycles. The molecule has 0 N–H and O–H groups in total. The summed E-state index contributed by atoms with van der Waals surface area (Å²) in [6, 6.07) is 0. The Morgan fingerprint density at radius 3 is 2.24 bits per heavy atom. The Morgan fingerprint density at radius 1 is 1.18 bits per heavy atom. The lowest BCUT2D eigenvalue weighted by molar-refractivity contribution is -0.140. The first-order valence-electron chi connectivity index (χ1n) is 6.51. The van der Waals surface area contributed by atoms with Gasteiger partial charge in [0, 0.05) is 18.8 Å². The Hall–Kier alpha value is -0.670. The average molecular weight is 248 g/mol. The van der Waals surface area contributed by atoms with E-state index in [9.17, 15) is 13.6 Å². The van der Waals surface area contributed by atoms with Crippen molar-refractivity contribution in [1.82, 2.24) is 0 Å². The van der Waals surface area contributed by atoms with Gasteiger partial charge in [0.05, 0.1) is 7.11 Å². The van der Waals surface area contributed by atoms with Gasteiger partial charge < -0.3 is 4.74 Å². The maximum absolute atomic E-state index is 12.5. The number of hydrogen-bond donors (Lipinski definition) is 0. The third kappa shape index (κ3) is 5.99. The number of halogens is 2. The number of unbranched alkanes of at least 4 members (excludes halogenated alkanes) is 5. The lowest BCUT2D eigenvalue weighted by atomic mass is 10.1. The van der Waals surface area contributed by atoms with Crippen LogP contribution in [0.4, 0.5) is 8.78 Å². The molecule has 1 rings (SSSR count). The molecular formula is C13H22F2O2. The Morgan fingerprint density at radius 2 is 1.71 bits per heavy atom. The summed E-state index contributed by atoms with van der Waals surface area (Å²) in [4.78, 5) is 10.8. The molecule has 0 amide bonds. The molecule has 100 valence electrons. The van der Waals surface area contributed by atoms with Crippen LogP contribution < -0.4 is 0 Å². The molecule has 0 saturated heterocycles. The molecule has 0 heterocycles. The molecule has 1 aliphatic rings. The van der Waals surface area contributed by atoms with Crippen LogP contribution in [0.3, 0.4) is 0 Å². The van der Waals surface area contributed by atoms with Crippen molar-refractivity contribution in [3.63, 3.8) is 0 Å². The Bertz CT molecular complexity index is 242. The van der Waals surface area contributed by atoms with Crippen molar-refractivity contribution in [3.05, 3.63) is 0 Å². The fraction of sp³-hybridized carbons (Fsp3) is 0.923. The van der Waals surface area contributed by atoms with Gasteiger partial charge in [-0.1, -0.05) is 32.1 Å². The summed E-state index contributed by atoms with van der Waals surface area (Å²) in [6.45, 7) is 0. The van der Waals surface area contributed by atoms with E-state index in [4.69, 9.17) is 0 Å². The number of hydrogen-bond acceptors (Lipinski definition) is 2. The predicted molar refractivity (Wildman–Crippen MR) is 62.0 cm³/mol. The van der Waals surface area contributed by atoms with Crippen molar-refractivity contribution in [2.45, 2.75) is 63.7 Å². The van der Waals surface area contributed by atoms with Crippen molar-refractivity contribution in [2.75, 3.05) is 7.11 Å². The maximum Gasteiger partial charge on any atom is 0.305 e. The van der Waals surface area contributed by atoms with Crippen molar-refractivity contribution in [2.24, 2.45) is 5.92 Å². The van der Waals surface area contributed by atoms with Gasteiger partial charge in [0.2, 0.25) is 0 Å². The van der Waals surface area contributed by atoms with E-state index < -0.39 is 5.92 Å². The van der Waals surface area contributed by atoms with Crippen molar-refractivity contribution >= 4 is 5.97 Å². The predicted octanol–water partition coefficient (Wildman–Crippen LogP) is 3.94. The lowest BCUT2D eigenvalue weighted by Crippen LogP contribution is -1.99. The second kappa shape index (κ2) is 6.92. The smallest absolute Gasteiger partial charge is 0.305 e. The monoisotopic (exact) mass is 248 g/mol. The number of methoxy groups -OCH3 is 1. The number of rotatable bonds is 9. The minimum absolute atomic E-state index is 0.103. The average Bonchev–Trinajstić information content (AvgIpc) is 2.89. The van der Waals surface area contributed by atoms with Gasteiger partial charge >= 0.3 is 5.97 Å². The van der Waals surface area contributed by atoms with Crippen LogP contribution in [-0.2, 0) is 9.53 Å². The van der Waals surface area contributed by atoms with Crippen LogP contribution in [0.1, 0.15) is 57.8 Å². The zero-order valence-corrected chi connectivity index (χ0v) is 10.5. The second-order valence-corrected chi connectivity index (χ2v) is 4.90. The first-order valence-corrected chi connectivity index (χ1v) is 6.51. The topological polar surface area (TPSA) is 26.3 Å². The van der Waals surface area contributed by atoms with Crippen LogP contribution in [-0.4, -0.2) is 19.0 Å². The quantitative estimate of drug-likeness (QED) is 0.456. The van der Waals surface area contributed by atoms with Crippen LogP contribution in [0.5, 0.6) is 0 Å². The summed E-state index contributed by atoms with van der Waals surface area (Å²) in [6.07, 6.45) is 7.27. The molecule has 1 atom stereocenters. The molecule has 0 aromatic heterocycles. The molecule has 17 heavy (non-hydrogen) atoms. The van der Waals surface area contributed by atoms with Crippen molar-refractivity contribution in [1.29, 1.82) is 0 Å². The molecule has 2 nitrogen and oxygen atoms in total. The highest BCUT2D eigenvalue weighted by Gasteiger charge is 2.55. The first kappa shape index (κ1) is 14.4. The van der Waals surface area contributed by atoms with Gasteiger partial charge in [-0.2, -0.15) is 0 Å². The molecule has 0 bridgehead atoms. The van der Waals surface area contributed by atoms with E-state index in [-0.39, 0.29) is 18.3 Å². The Kier molecular flexibility index (Phi) is 5.86. The number of carbonyl (C=O) groups is 1. The maximum atomic E-state index is 12.5. The summed E-state index contributed by atoms with van der Waals surface area (Å²) in [5.74, 6) is -2.83. The van der Waals surface area contributed by atoms with E-state index in [2.05, 4.69) is 4.74 Å². The van der Waals surface area contributed by atoms with E-state index in [0.717, 1.165) is 38.5 Å². The minimum atomic E-state index is -2.35. The van der Waals surface area contributed by atoms with E-state index >= 15 is 0 Å². The third-order valence-corrected chi connectivity index (χ3v) is 3.37. The highest BCUT2D eigenvalue weighted by atomic mass is 19.3. The van der Waals surface area contributed by atoms with E-state index in [1.54, 1.807) is 0 Å². The summed E-state index contributed by atoms with van der Waals surface area (Å²) >= 11 is 0. The van der Waals surface area contributed by atoms with Gasteiger partial charge in [0.25, 0.3) is 5.92 Å². The first-order chi connectivity index (χ1) is 8.06. The molecule has 1 unspecified atom stereocenters. The largest absolute Gasteiger partial charge is 0.469 e. The molecule has 0 spiro atoms. The third-order valence-electron chi connectivity index (χ3n) is 3.37. The van der Waals surface area contributed by atoms with Gasteiger partial charge in [-0.3, -0.25) is 4.79 Å². The number of carbonyl (C=O) groups excluding carboxylic acids is 1. The number of esters is 1. The molecule has 0 aromatic carbocycles. The molecule has 0 aliphatic heterocycles. The lowest BCUT2D eigenvalue weighted by Gasteiger charge is -2.01. The molecule has 4 heteroatoms. The van der Waals surface area contributed by atoms with Crippen molar-refractivity contribution in [3.8, 4) is 0 Å². The van der Waals surface area contributed by atoms with Gasteiger partial charge in [-0.15, -0.1) is 0 Å². The van der Waals surface area contributed by atoms with Gasteiger partial charge in [0.1, 0.15) is 0 Å². The van der Waals surface area contributed by atoms with Gasteiger partial charge in [0.15, 0.2) is 0 Å². The zero-order valence-electron chi connectivity index (χ0n) is 10.5. The number of alkyl halides is 2. The Labute approximate surface area is 102 Å². The fourth-order valence-corrected chi connectivity index (χ4v) is 2.05. The molecule has 1 fully saturated rings. The minimum Gasteiger partial charge on any atom is -0.469 e. The molecule has 0 aromatic rings. The van der Waals surface area contributed by atoms with E-state index in [1.165, 1.54) is 7.11 Å². The molecular weight excluding hydrogens is 226 g/mol. The van der Waals surface area contributed by atoms with Crippen LogP contribution in [0.2, 0.25) is 0 Å². The fourth-order valence-electron chi connectivity index (χ4n) is 2.05. The second-order valence-electron chi connectivity index (χ2n) is 4.90. The SMILES string of the molecule is COC(=O)CCCCCCCCC1CC1(F)F. The summed E-state index contributed by atoms with van der Waals surface area (Å²) in [5, 5.41) is 0. The van der Waals surface area contributed by atoms with Crippen molar-refractivity contribution < 1.29 is 18.3 Å². The van der Waals surface area contributed by atoms with Crippen LogP contribution >= 0.6 is 0 Å². The van der Waals surface area contributed by atoms with Crippen LogP contribution in [0.25, 0.3) is 0 Å². The summed E-state index contributed by atoms with van der Waals surface area (Å²) in [7, 11) is 1.40. The highest BCUT2D eigenvalue weighted by Crippen LogP contribution is 2.51. The van der Waals surface area contributed by atoms with Gasteiger partial charge in [-0.05, 0) is 12.8 Å². The molecule has 1 saturated carbocycles. The van der Waals surface area contributed by atoms with Gasteiger partial charge in [-0.25, -0.2) is 8.78 Å². The zero-order chi connectivity index (χ0) is 12.7. The van der Waals surface area contributed by atoms with Crippen LogP contribution in [0, 0.1) is 5.92 Å².